The predicted molar refractivity (Wildman–Crippen MR) is 69.2 cm³/mol. The molecule has 1 heterocycles. The summed E-state index contributed by atoms with van der Waals surface area (Å²) in [4.78, 5) is 5.77. The third-order valence-corrected chi connectivity index (χ3v) is 3.55. The van der Waals surface area contributed by atoms with Gasteiger partial charge in [0.15, 0.2) is 0 Å². The summed E-state index contributed by atoms with van der Waals surface area (Å²) in [5.41, 5.74) is 0. The van der Waals surface area contributed by atoms with Gasteiger partial charge in [-0.1, -0.05) is 6.92 Å². The van der Waals surface area contributed by atoms with Crippen LogP contribution in [0, 0.1) is 0 Å². The lowest BCUT2D eigenvalue weighted by Crippen LogP contribution is -2.32. The minimum atomic E-state index is 0.422. The summed E-state index contributed by atoms with van der Waals surface area (Å²) in [6.45, 7) is 8.89. The fraction of sp³-hybridized carbons (Fsp3) is 0.750. The van der Waals surface area contributed by atoms with E-state index < -0.39 is 0 Å². The number of hydrogen-bond donors (Lipinski definition) is 1. The van der Waals surface area contributed by atoms with Gasteiger partial charge < -0.3 is 10.1 Å². The van der Waals surface area contributed by atoms with Gasteiger partial charge in [0, 0.05) is 36.7 Å². The van der Waals surface area contributed by atoms with E-state index in [0.717, 1.165) is 32.6 Å². The third-order valence-electron chi connectivity index (χ3n) is 2.35. The molecule has 3 nitrogen and oxygen atoms in total. The van der Waals surface area contributed by atoms with Crippen LogP contribution in [-0.4, -0.2) is 30.8 Å². The van der Waals surface area contributed by atoms with Crippen molar-refractivity contribution in [3.8, 4) is 0 Å². The average Bonchev–Trinajstić information content (AvgIpc) is 2.74. The maximum Gasteiger partial charge on any atom is 0.0940 e. The predicted octanol–water partition coefficient (Wildman–Crippen LogP) is 2.26. The first-order valence-electron chi connectivity index (χ1n) is 6.01. The lowest BCUT2D eigenvalue weighted by atomic mass is 10.3. The molecule has 0 aromatic carbocycles. The first-order valence-corrected chi connectivity index (χ1v) is 6.82. The molecule has 1 aromatic rings. The SMILES string of the molecule is CCOCC(C)NCCc1ncc(CC)s1. The van der Waals surface area contributed by atoms with Crippen LogP contribution in [-0.2, 0) is 17.6 Å². The molecule has 1 aromatic heterocycles. The van der Waals surface area contributed by atoms with Crippen molar-refractivity contribution in [1.29, 1.82) is 0 Å². The molecule has 1 unspecified atom stereocenters. The summed E-state index contributed by atoms with van der Waals surface area (Å²) in [7, 11) is 0. The highest BCUT2D eigenvalue weighted by Gasteiger charge is 2.03. The van der Waals surface area contributed by atoms with Crippen LogP contribution in [0.2, 0.25) is 0 Å². The smallest absolute Gasteiger partial charge is 0.0940 e. The second-order valence-corrected chi connectivity index (χ2v) is 5.04. The van der Waals surface area contributed by atoms with E-state index in [0.29, 0.717) is 6.04 Å². The highest BCUT2D eigenvalue weighted by molar-refractivity contribution is 7.11. The molecule has 0 radical (unpaired) electrons. The van der Waals surface area contributed by atoms with Gasteiger partial charge in [-0.25, -0.2) is 4.98 Å². The van der Waals surface area contributed by atoms with E-state index in [9.17, 15) is 0 Å². The zero-order chi connectivity index (χ0) is 11.8. The van der Waals surface area contributed by atoms with Crippen LogP contribution in [0.4, 0.5) is 0 Å². The molecule has 0 saturated heterocycles. The molecular formula is C12H22N2OS. The number of aryl methyl sites for hydroxylation is 1. The van der Waals surface area contributed by atoms with E-state index >= 15 is 0 Å². The number of rotatable bonds is 8. The zero-order valence-corrected chi connectivity index (χ0v) is 11.3. The number of nitrogens with one attached hydrogen (secondary N) is 1. The van der Waals surface area contributed by atoms with E-state index in [-0.39, 0.29) is 0 Å². The number of ether oxygens (including phenoxy) is 1. The lowest BCUT2D eigenvalue weighted by Gasteiger charge is -2.12. The number of thiazole rings is 1. The van der Waals surface area contributed by atoms with Crippen LogP contribution in [0.25, 0.3) is 0 Å². The van der Waals surface area contributed by atoms with Gasteiger partial charge in [-0.2, -0.15) is 0 Å². The van der Waals surface area contributed by atoms with Gasteiger partial charge in [0.1, 0.15) is 0 Å². The normalized spacial score (nSPS) is 12.9. The van der Waals surface area contributed by atoms with Crippen LogP contribution >= 0.6 is 11.3 Å². The fourth-order valence-corrected chi connectivity index (χ4v) is 2.27. The molecule has 0 fully saturated rings. The van der Waals surface area contributed by atoms with E-state index in [1.165, 1.54) is 9.88 Å². The van der Waals surface area contributed by atoms with Crippen molar-refractivity contribution in [1.82, 2.24) is 10.3 Å². The fourth-order valence-electron chi connectivity index (χ4n) is 1.41. The zero-order valence-electron chi connectivity index (χ0n) is 10.5. The Kier molecular flexibility index (Phi) is 6.61. The monoisotopic (exact) mass is 242 g/mol. The Hall–Kier alpha value is -0.450. The van der Waals surface area contributed by atoms with Crippen molar-refractivity contribution in [2.24, 2.45) is 0 Å². The topological polar surface area (TPSA) is 34.1 Å². The Morgan fingerprint density at radius 3 is 2.94 bits per heavy atom. The summed E-state index contributed by atoms with van der Waals surface area (Å²) in [5.74, 6) is 0. The van der Waals surface area contributed by atoms with Gasteiger partial charge in [0.05, 0.1) is 11.6 Å². The van der Waals surface area contributed by atoms with Gasteiger partial charge in [-0.3, -0.25) is 0 Å². The molecule has 0 aliphatic heterocycles. The van der Waals surface area contributed by atoms with Crippen LogP contribution in [0.15, 0.2) is 6.20 Å². The Morgan fingerprint density at radius 1 is 1.50 bits per heavy atom. The molecule has 0 aliphatic rings. The molecule has 92 valence electrons. The van der Waals surface area contributed by atoms with E-state index in [4.69, 9.17) is 4.74 Å². The average molecular weight is 242 g/mol. The molecule has 1 N–H and O–H groups in total. The molecule has 0 bridgehead atoms. The minimum absolute atomic E-state index is 0.422. The van der Waals surface area contributed by atoms with Crippen LogP contribution in [0.5, 0.6) is 0 Å². The highest BCUT2D eigenvalue weighted by Crippen LogP contribution is 2.13. The molecule has 16 heavy (non-hydrogen) atoms. The van der Waals surface area contributed by atoms with Gasteiger partial charge >= 0.3 is 0 Å². The Balaban J connectivity index is 2.14. The van der Waals surface area contributed by atoms with Crippen molar-refractivity contribution in [3.05, 3.63) is 16.1 Å². The molecular weight excluding hydrogens is 220 g/mol. The summed E-state index contributed by atoms with van der Waals surface area (Å²) in [5, 5.41) is 4.66. The molecule has 4 heteroatoms. The number of nitrogens with zero attached hydrogens (tertiary/aromatic N) is 1. The van der Waals surface area contributed by atoms with E-state index in [1.54, 1.807) is 0 Å². The largest absolute Gasteiger partial charge is 0.380 e. The molecule has 0 spiro atoms. The Bertz CT molecular complexity index is 288. The Morgan fingerprint density at radius 2 is 2.31 bits per heavy atom. The first kappa shape index (κ1) is 13.6. The standard InChI is InChI=1S/C12H22N2OS/c1-4-11-8-14-12(16-11)6-7-13-10(3)9-15-5-2/h8,10,13H,4-7,9H2,1-3H3. The maximum absolute atomic E-state index is 5.34. The molecule has 0 saturated carbocycles. The van der Waals surface area contributed by atoms with Gasteiger partial charge in [0.25, 0.3) is 0 Å². The summed E-state index contributed by atoms with van der Waals surface area (Å²) in [6, 6.07) is 0.422. The van der Waals surface area contributed by atoms with Crippen molar-refractivity contribution < 1.29 is 4.74 Å². The van der Waals surface area contributed by atoms with Crippen LogP contribution < -0.4 is 5.32 Å². The summed E-state index contributed by atoms with van der Waals surface area (Å²) < 4.78 is 5.34. The molecule has 0 aliphatic carbocycles. The lowest BCUT2D eigenvalue weighted by molar-refractivity contribution is 0.127. The van der Waals surface area contributed by atoms with E-state index in [2.05, 4.69) is 24.1 Å². The number of hydrogen-bond acceptors (Lipinski definition) is 4. The first-order chi connectivity index (χ1) is 7.76. The van der Waals surface area contributed by atoms with Crippen molar-refractivity contribution in [2.75, 3.05) is 19.8 Å². The van der Waals surface area contributed by atoms with Crippen molar-refractivity contribution in [3.63, 3.8) is 0 Å². The molecule has 1 atom stereocenters. The Labute approximate surface area is 102 Å². The maximum atomic E-state index is 5.34. The second-order valence-electron chi connectivity index (χ2n) is 3.84. The van der Waals surface area contributed by atoms with Crippen molar-refractivity contribution >= 4 is 11.3 Å². The molecule has 0 amide bonds. The van der Waals surface area contributed by atoms with Gasteiger partial charge in [-0.05, 0) is 20.3 Å². The second kappa shape index (κ2) is 7.76. The van der Waals surface area contributed by atoms with Crippen LogP contribution in [0.1, 0.15) is 30.7 Å². The van der Waals surface area contributed by atoms with Crippen molar-refractivity contribution in [2.45, 2.75) is 39.7 Å². The quantitative estimate of drug-likeness (QED) is 0.759. The van der Waals surface area contributed by atoms with E-state index in [1.807, 2.05) is 24.5 Å². The summed E-state index contributed by atoms with van der Waals surface area (Å²) in [6.07, 6.45) is 4.09. The van der Waals surface area contributed by atoms with Gasteiger partial charge in [-0.15, -0.1) is 11.3 Å². The molecule has 1 rings (SSSR count). The highest BCUT2D eigenvalue weighted by atomic mass is 32.1. The summed E-state index contributed by atoms with van der Waals surface area (Å²) >= 11 is 1.82. The number of aromatic nitrogens is 1. The minimum Gasteiger partial charge on any atom is -0.380 e. The van der Waals surface area contributed by atoms with Gasteiger partial charge in [0.2, 0.25) is 0 Å². The van der Waals surface area contributed by atoms with Crippen LogP contribution in [0.3, 0.4) is 0 Å². The third kappa shape index (κ3) is 5.05.